The Bertz CT molecular complexity index is 1240. The smallest absolute Gasteiger partial charge is 0.355 e. The number of nitrogens with zero attached hydrogens (tertiary/aromatic N) is 2. The summed E-state index contributed by atoms with van der Waals surface area (Å²) in [5, 5.41) is 0.634. The summed E-state index contributed by atoms with van der Waals surface area (Å²) in [4.78, 5) is 15.9. The summed E-state index contributed by atoms with van der Waals surface area (Å²) in [6, 6.07) is 17.1. The van der Waals surface area contributed by atoms with E-state index in [0.717, 1.165) is 28.1 Å². The molecule has 0 saturated heterocycles. The molecule has 0 aliphatic heterocycles. The highest BCUT2D eigenvalue weighted by Gasteiger charge is 2.26. The van der Waals surface area contributed by atoms with Crippen molar-refractivity contribution in [3.63, 3.8) is 0 Å². The molecular formula is C22H18ClN3O2S. The van der Waals surface area contributed by atoms with Crippen LogP contribution in [-0.2, 0) is 11.8 Å². The highest BCUT2D eigenvalue weighted by atomic mass is 35.5. The molecule has 0 spiro atoms. The molecule has 0 saturated carbocycles. The molecule has 29 heavy (non-hydrogen) atoms. The molecule has 0 unspecified atom stereocenters. The molecule has 7 heteroatoms. The van der Waals surface area contributed by atoms with Crippen molar-refractivity contribution in [2.75, 3.05) is 7.11 Å². The molecule has 0 atom stereocenters. The third-order valence-electron chi connectivity index (χ3n) is 4.75. The van der Waals surface area contributed by atoms with Crippen LogP contribution in [0.25, 0.3) is 28.1 Å². The summed E-state index contributed by atoms with van der Waals surface area (Å²) in [6.07, 6.45) is 3.77. The lowest BCUT2D eigenvalue weighted by molar-refractivity contribution is 0.0596. The van der Waals surface area contributed by atoms with Gasteiger partial charge in [0, 0.05) is 35.6 Å². The Kier molecular flexibility index (Phi) is 5.13. The number of halogens is 1. The molecule has 0 amide bonds. The second-order valence-electron chi connectivity index (χ2n) is 6.52. The van der Waals surface area contributed by atoms with Gasteiger partial charge in [0.2, 0.25) is 0 Å². The Morgan fingerprint density at radius 3 is 2.31 bits per heavy atom. The monoisotopic (exact) mass is 423 g/mol. The van der Waals surface area contributed by atoms with Crippen LogP contribution in [0.1, 0.15) is 10.5 Å². The van der Waals surface area contributed by atoms with Gasteiger partial charge in [-0.2, -0.15) is 0 Å². The van der Waals surface area contributed by atoms with E-state index in [2.05, 4.69) is 4.98 Å². The molecule has 0 bridgehead atoms. The number of esters is 1. The van der Waals surface area contributed by atoms with E-state index in [1.165, 1.54) is 7.11 Å². The van der Waals surface area contributed by atoms with Gasteiger partial charge in [0.1, 0.15) is 5.69 Å². The number of aromatic amines is 1. The van der Waals surface area contributed by atoms with E-state index in [4.69, 9.17) is 28.6 Å². The summed E-state index contributed by atoms with van der Waals surface area (Å²) >= 11 is 11.7. The first-order chi connectivity index (χ1) is 14.0. The number of aryl methyl sites for hydroxylation is 1. The van der Waals surface area contributed by atoms with Gasteiger partial charge in [-0.3, -0.25) is 4.57 Å². The summed E-state index contributed by atoms with van der Waals surface area (Å²) in [5.41, 5.74) is 4.38. The number of hydrogen-bond donors (Lipinski definition) is 1. The lowest BCUT2D eigenvalue weighted by Gasteiger charge is -2.10. The van der Waals surface area contributed by atoms with Crippen LogP contribution in [-0.4, -0.2) is 27.2 Å². The number of imidazole rings is 1. The number of nitrogens with one attached hydrogen (secondary N) is 1. The van der Waals surface area contributed by atoms with Gasteiger partial charge in [-0.1, -0.05) is 54.1 Å². The van der Waals surface area contributed by atoms with Gasteiger partial charge in [0.15, 0.2) is 4.77 Å². The first-order valence-corrected chi connectivity index (χ1v) is 9.70. The summed E-state index contributed by atoms with van der Waals surface area (Å²) in [6.45, 7) is 0. The third-order valence-corrected chi connectivity index (χ3v) is 5.48. The number of carbonyl (C=O) groups is 1. The molecule has 0 radical (unpaired) electrons. The van der Waals surface area contributed by atoms with Gasteiger partial charge < -0.3 is 14.3 Å². The van der Waals surface area contributed by atoms with Crippen LogP contribution in [0.2, 0.25) is 5.02 Å². The van der Waals surface area contributed by atoms with Crippen molar-refractivity contribution in [2.24, 2.45) is 7.05 Å². The molecule has 0 aliphatic carbocycles. The molecule has 5 nitrogen and oxygen atoms in total. The van der Waals surface area contributed by atoms with E-state index >= 15 is 0 Å². The average Bonchev–Trinajstić information content (AvgIpc) is 3.29. The number of rotatable bonds is 4. The van der Waals surface area contributed by atoms with Crippen molar-refractivity contribution in [3.8, 4) is 28.1 Å². The Morgan fingerprint density at radius 1 is 1.03 bits per heavy atom. The van der Waals surface area contributed by atoms with Crippen molar-refractivity contribution < 1.29 is 9.53 Å². The molecule has 1 N–H and O–H groups in total. The van der Waals surface area contributed by atoms with Gasteiger partial charge in [-0.05, 0) is 29.9 Å². The number of hydrogen-bond acceptors (Lipinski definition) is 3. The topological polar surface area (TPSA) is 52.0 Å². The molecule has 2 heterocycles. The van der Waals surface area contributed by atoms with E-state index in [0.29, 0.717) is 15.5 Å². The van der Waals surface area contributed by atoms with E-state index in [1.54, 1.807) is 0 Å². The van der Waals surface area contributed by atoms with Crippen molar-refractivity contribution in [1.82, 2.24) is 14.1 Å². The first-order valence-electron chi connectivity index (χ1n) is 8.91. The second kappa shape index (κ2) is 7.73. The van der Waals surface area contributed by atoms with E-state index in [1.807, 2.05) is 83.2 Å². The molecule has 4 aromatic rings. The van der Waals surface area contributed by atoms with Gasteiger partial charge in [-0.25, -0.2) is 4.79 Å². The number of carbonyl (C=O) groups excluding carboxylic acids is 1. The van der Waals surface area contributed by atoms with Crippen molar-refractivity contribution in [3.05, 3.63) is 82.5 Å². The zero-order chi connectivity index (χ0) is 20.5. The van der Waals surface area contributed by atoms with Crippen LogP contribution in [0.15, 0.2) is 67.0 Å². The summed E-state index contributed by atoms with van der Waals surface area (Å²) in [7, 11) is 3.25. The largest absolute Gasteiger partial charge is 0.464 e. The standard InChI is InChI=1S/C22H18ClN3O2S/c1-25-12-13-26(22(25)29)20-17(14-6-4-3-5-7-14)19(21(27)28-2)24-18(20)15-8-10-16(23)11-9-15/h3-13,24H,1-2H3. The fraction of sp³-hybridized carbons (Fsp3) is 0.0909. The van der Waals surface area contributed by atoms with Crippen molar-refractivity contribution >= 4 is 29.8 Å². The Balaban J connectivity index is 2.12. The highest BCUT2D eigenvalue weighted by molar-refractivity contribution is 7.71. The minimum Gasteiger partial charge on any atom is -0.464 e. The van der Waals surface area contributed by atoms with Crippen LogP contribution in [0.5, 0.6) is 0 Å². The van der Waals surface area contributed by atoms with Crippen LogP contribution in [0.4, 0.5) is 0 Å². The van der Waals surface area contributed by atoms with Crippen molar-refractivity contribution in [1.29, 1.82) is 0 Å². The van der Waals surface area contributed by atoms with Crippen LogP contribution < -0.4 is 0 Å². The van der Waals surface area contributed by atoms with Crippen LogP contribution in [0, 0.1) is 4.77 Å². The maximum atomic E-state index is 12.7. The predicted molar refractivity (Wildman–Crippen MR) is 117 cm³/mol. The van der Waals surface area contributed by atoms with Gasteiger partial charge in [0.25, 0.3) is 0 Å². The van der Waals surface area contributed by atoms with Gasteiger partial charge >= 0.3 is 5.97 Å². The predicted octanol–water partition coefficient (Wildman–Crippen LogP) is 5.65. The Labute approximate surface area is 178 Å². The Hall–Kier alpha value is -3.09. The lowest BCUT2D eigenvalue weighted by Crippen LogP contribution is -2.04. The molecule has 0 fully saturated rings. The minimum absolute atomic E-state index is 0.365. The molecule has 2 aromatic carbocycles. The number of aromatic nitrogens is 3. The molecular weight excluding hydrogens is 406 g/mol. The van der Waals surface area contributed by atoms with Gasteiger partial charge in [0.05, 0.1) is 18.5 Å². The van der Waals surface area contributed by atoms with E-state index in [9.17, 15) is 4.79 Å². The minimum atomic E-state index is -0.451. The maximum absolute atomic E-state index is 12.7. The van der Waals surface area contributed by atoms with Crippen LogP contribution >= 0.6 is 23.8 Å². The zero-order valence-corrected chi connectivity index (χ0v) is 17.4. The Morgan fingerprint density at radius 2 is 1.72 bits per heavy atom. The summed E-state index contributed by atoms with van der Waals surface area (Å²) < 4.78 is 9.41. The molecule has 2 aromatic heterocycles. The zero-order valence-electron chi connectivity index (χ0n) is 15.8. The molecule has 146 valence electrons. The van der Waals surface area contributed by atoms with Gasteiger partial charge in [-0.15, -0.1) is 0 Å². The van der Waals surface area contributed by atoms with Crippen LogP contribution in [0.3, 0.4) is 0 Å². The maximum Gasteiger partial charge on any atom is 0.355 e. The number of benzene rings is 2. The van der Waals surface area contributed by atoms with E-state index < -0.39 is 5.97 Å². The lowest BCUT2D eigenvalue weighted by atomic mass is 10.0. The average molecular weight is 424 g/mol. The van der Waals surface area contributed by atoms with Crippen molar-refractivity contribution in [2.45, 2.75) is 0 Å². The molecule has 4 rings (SSSR count). The normalized spacial score (nSPS) is 10.9. The number of H-pyrrole nitrogens is 1. The third kappa shape index (κ3) is 3.41. The first kappa shape index (κ1) is 19.2. The fourth-order valence-electron chi connectivity index (χ4n) is 3.33. The highest BCUT2D eigenvalue weighted by Crippen LogP contribution is 2.39. The SMILES string of the molecule is COC(=O)c1[nH]c(-c2ccc(Cl)cc2)c(-n2ccn(C)c2=S)c1-c1ccccc1. The second-order valence-corrected chi connectivity index (χ2v) is 7.33. The quantitative estimate of drug-likeness (QED) is 0.341. The number of ether oxygens (including phenoxy) is 1. The summed E-state index contributed by atoms with van der Waals surface area (Å²) in [5.74, 6) is -0.451. The number of methoxy groups -OCH3 is 1. The fourth-order valence-corrected chi connectivity index (χ4v) is 3.67. The van der Waals surface area contributed by atoms with E-state index in [-0.39, 0.29) is 0 Å². The molecule has 0 aliphatic rings.